The maximum Gasteiger partial charge on any atom is 0.322 e. The summed E-state index contributed by atoms with van der Waals surface area (Å²) in [5.41, 5.74) is 2.13. The van der Waals surface area contributed by atoms with E-state index in [4.69, 9.17) is 4.74 Å². The van der Waals surface area contributed by atoms with Gasteiger partial charge in [-0.25, -0.2) is 8.42 Å². The number of hydrogen-bond donors (Lipinski definition) is 2. The zero-order chi connectivity index (χ0) is 20.3. The zero-order valence-corrected chi connectivity index (χ0v) is 16.3. The van der Waals surface area contributed by atoms with Crippen molar-refractivity contribution in [1.29, 1.82) is 0 Å². The van der Waals surface area contributed by atoms with Gasteiger partial charge in [-0.3, -0.25) is 4.79 Å². The number of piperidine rings is 1. The predicted octanol–water partition coefficient (Wildman–Crippen LogP) is 2.17. The van der Waals surface area contributed by atoms with Gasteiger partial charge in [-0.2, -0.15) is 4.31 Å². The van der Waals surface area contributed by atoms with Crippen LogP contribution in [0.25, 0.3) is 0 Å². The molecule has 7 nitrogen and oxygen atoms in total. The molecular formula is C20H23NO6S. The van der Waals surface area contributed by atoms with Gasteiger partial charge in [0.05, 0.1) is 11.0 Å². The fraction of sp³-hybridized carbons (Fsp3) is 0.350. The van der Waals surface area contributed by atoms with Gasteiger partial charge >= 0.3 is 5.97 Å². The second kappa shape index (κ2) is 8.30. The first-order chi connectivity index (χ1) is 13.3. The van der Waals surface area contributed by atoms with Crippen LogP contribution in [0.1, 0.15) is 24.0 Å². The summed E-state index contributed by atoms with van der Waals surface area (Å²) in [6.07, 6.45) is -0.725. The number of aliphatic hydroxyl groups is 1. The number of aryl methyl sites for hydroxylation is 1. The van der Waals surface area contributed by atoms with Gasteiger partial charge in [0.2, 0.25) is 10.0 Å². The summed E-state index contributed by atoms with van der Waals surface area (Å²) in [5, 5.41) is 19.0. The average Bonchev–Trinajstić information content (AvgIpc) is 2.66. The molecule has 0 saturated carbocycles. The van der Waals surface area contributed by atoms with Crippen molar-refractivity contribution in [3.05, 3.63) is 59.7 Å². The molecule has 8 heteroatoms. The first kappa shape index (κ1) is 20.3. The number of nitrogens with zero attached hydrogens (tertiary/aromatic N) is 1. The molecule has 2 aromatic rings. The number of carboxylic acid groups (broad SMARTS) is 1. The second-order valence-electron chi connectivity index (χ2n) is 6.90. The minimum Gasteiger partial charge on any atom is -0.489 e. The number of carboxylic acids is 1. The first-order valence-corrected chi connectivity index (χ1v) is 10.4. The lowest BCUT2D eigenvalue weighted by molar-refractivity contribution is -0.143. The highest BCUT2D eigenvalue weighted by Gasteiger charge is 2.40. The van der Waals surface area contributed by atoms with E-state index in [9.17, 15) is 23.4 Å². The molecule has 28 heavy (non-hydrogen) atoms. The van der Waals surface area contributed by atoms with Crippen LogP contribution in [0.2, 0.25) is 0 Å². The lowest BCUT2D eigenvalue weighted by Crippen LogP contribution is -2.51. The molecule has 2 unspecified atom stereocenters. The predicted molar refractivity (Wildman–Crippen MR) is 103 cm³/mol. The molecule has 2 aromatic carbocycles. The fourth-order valence-electron chi connectivity index (χ4n) is 3.25. The van der Waals surface area contributed by atoms with Crippen LogP contribution in [-0.2, 0) is 21.4 Å². The van der Waals surface area contributed by atoms with E-state index in [1.165, 1.54) is 12.1 Å². The fourth-order valence-corrected chi connectivity index (χ4v) is 4.86. The Bertz CT molecular complexity index is 941. The molecule has 0 bridgehead atoms. The molecule has 0 aliphatic carbocycles. The van der Waals surface area contributed by atoms with Crippen molar-refractivity contribution >= 4 is 16.0 Å². The monoisotopic (exact) mass is 405 g/mol. The van der Waals surface area contributed by atoms with E-state index in [1.807, 2.05) is 31.2 Å². The van der Waals surface area contributed by atoms with Crippen molar-refractivity contribution in [1.82, 2.24) is 4.31 Å². The van der Waals surface area contributed by atoms with Crippen molar-refractivity contribution in [2.45, 2.75) is 43.4 Å². The van der Waals surface area contributed by atoms with E-state index in [-0.39, 0.29) is 24.3 Å². The number of sulfonamides is 1. The molecule has 0 radical (unpaired) electrons. The van der Waals surface area contributed by atoms with Crippen LogP contribution in [0.4, 0.5) is 0 Å². The number of benzene rings is 2. The maximum absolute atomic E-state index is 12.9. The van der Waals surface area contributed by atoms with E-state index in [1.54, 1.807) is 12.1 Å². The molecule has 150 valence electrons. The summed E-state index contributed by atoms with van der Waals surface area (Å²) in [6, 6.07) is 12.5. The van der Waals surface area contributed by atoms with Crippen molar-refractivity contribution < 1.29 is 28.2 Å². The summed E-state index contributed by atoms with van der Waals surface area (Å²) in [6.45, 7) is 2.32. The van der Waals surface area contributed by atoms with Crippen molar-refractivity contribution in [3.63, 3.8) is 0 Å². The zero-order valence-electron chi connectivity index (χ0n) is 15.5. The van der Waals surface area contributed by atoms with Gasteiger partial charge in [-0.05, 0) is 43.2 Å². The molecule has 1 aliphatic heterocycles. The molecular weight excluding hydrogens is 382 g/mol. The van der Waals surface area contributed by atoms with Gasteiger partial charge in [0.15, 0.2) is 0 Å². The quantitative estimate of drug-likeness (QED) is 0.763. The molecule has 0 spiro atoms. The van der Waals surface area contributed by atoms with E-state index >= 15 is 0 Å². The highest BCUT2D eigenvalue weighted by atomic mass is 32.2. The second-order valence-corrected chi connectivity index (χ2v) is 8.79. The molecule has 3 rings (SSSR count). The number of hydrogen-bond acceptors (Lipinski definition) is 5. The average molecular weight is 405 g/mol. The molecule has 1 heterocycles. The van der Waals surface area contributed by atoms with Gasteiger partial charge in [0.1, 0.15) is 18.4 Å². The van der Waals surface area contributed by atoms with E-state index in [0.29, 0.717) is 12.4 Å². The standard InChI is InChI=1S/C20H23NO6S/c1-14-3-2-4-15(11-14)13-27-17-5-7-18(8-6-17)28(25,26)21-10-9-16(22)12-19(21)20(23)24/h2-8,11,16,19,22H,9-10,12-13H2,1H3,(H,23,24). The molecule has 0 amide bonds. The van der Waals surface area contributed by atoms with Crippen LogP contribution in [0, 0.1) is 6.92 Å². The molecule has 2 N–H and O–H groups in total. The Morgan fingerprint density at radius 1 is 1.21 bits per heavy atom. The topological polar surface area (TPSA) is 104 Å². The highest BCUT2D eigenvalue weighted by Crippen LogP contribution is 2.27. The number of ether oxygens (including phenoxy) is 1. The number of carbonyl (C=O) groups is 1. The van der Waals surface area contributed by atoms with E-state index in [0.717, 1.165) is 15.4 Å². The first-order valence-electron chi connectivity index (χ1n) is 8.98. The molecule has 2 atom stereocenters. The number of aliphatic hydroxyl groups excluding tert-OH is 1. The highest BCUT2D eigenvalue weighted by molar-refractivity contribution is 7.89. The minimum atomic E-state index is -3.98. The minimum absolute atomic E-state index is 0.00181. The smallest absolute Gasteiger partial charge is 0.322 e. The Morgan fingerprint density at radius 2 is 1.93 bits per heavy atom. The van der Waals surface area contributed by atoms with Crippen LogP contribution in [-0.4, -0.2) is 47.6 Å². The molecule has 1 saturated heterocycles. The van der Waals surface area contributed by atoms with Gasteiger partial charge < -0.3 is 14.9 Å². The lowest BCUT2D eigenvalue weighted by Gasteiger charge is -2.34. The van der Waals surface area contributed by atoms with Crippen LogP contribution in [0.15, 0.2) is 53.4 Å². The van der Waals surface area contributed by atoms with Gasteiger partial charge in [0.25, 0.3) is 0 Å². The Balaban J connectivity index is 1.73. The van der Waals surface area contributed by atoms with Gasteiger partial charge in [-0.1, -0.05) is 29.8 Å². The van der Waals surface area contributed by atoms with Gasteiger partial charge in [-0.15, -0.1) is 0 Å². The van der Waals surface area contributed by atoms with Crippen LogP contribution in [0.3, 0.4) is 0 Å². The Hall–Kier alpha value is -2.42. The lowest BCUT2D eigenvalue weighted by atomic mass is 10.0. The molecule has 0 aromatic heterocycles. The summed E-state index contributed by atoms with van der Waals surface area (Å²) >= 11 is 0. The summed E-state index contributed by atoms with van der Waals surface area (Å²) in [4.78, 5) is 11.4. The number of rotatable bonds is 6. The third kappa shape index (κ3) is 4.52. The Labute approximate surface area is 164 Å². The number of aliphatic carboxylic acids is 1. The van der Waals surface area contributed by atoms with Crippen LogP contribution < -0.4 is 4.74 Å². The van der Waals surface area contributed by atoms with E-state index < -0.39 is 28.1 Å². The van der Waals surface area contributed by atoms with Crippen molar-refractivity contribution in [3.8, 4) is 5.75 Å². The third-order valence-electron chi connectivity index (χ3n) is 4.73. The van der Waals surface area contributed by atoms with Crippen LogP contribution >= 0.6 is 0 Å². The SMILES string of the molecule is Cc1cccc(COc2ccc(S(=O)(=O)N3CCC(O)CC3C(=O)O)cc2)c1. The molecule has 1 aliphatic rings. The van der Waals surface area contributed by atoms with Gasteiger partial charge in [0, 0.05) is 13.0 Å². The summed E-state index contributed by atoms with van der Waals surface area (Å²) in [5.74, 6) is -0.746. The van der Waals surface area contributed by atoms with Crippen molar-refractivity contribution in [2.75, 3.05) is 6.54 Å². The maximum atomic E-state index is 12.9. The molecule has 1 fully saturated rings. The normalized spacial score (nSPS) is 20.6. The largest absolute Gasteiger partial charge is 0.489 e. The Kier molecular flexibility index (Phi) is 6.02. The summed E-state index contributed by atoms with van der Waals surface area (Å²) < 4.78 is 32.4. The van der Waals surface area contributed by atoms with Crippen molar-refractivity contribution in [2.24, 2.45) is 0 Å². The third-order valence-corrected chi connectivity index (χ3v) is 6.65. The Morgan fingerprint density at radius 3 is 2.57 bits per heavy atom. The van der Waals surface area contributed by atoms with E-state index in [2.05, 4.69) is 0 Å². The van der Waals surface area contributed by atoms with Crippen LogP contribution in [0.5, 0.6) is 5.75 Å². The summed E-state index contributed by atoms with van der Waals surface area (Å²) in [7, 11) is -3.98.